The van der Waals surface area contributed by atoms with Gasteiger partial charge in [0.2, 0.25) is 0 Å². The summed E-state index contributed by atoms with van der Waals surface area (Å²) in [7, 11) is 0. The lowest BCUT2D eigenvalue weighted by molar-refractivity contribution is 0.268. The van der Waals surface area contributed by atoms with Crippen LogP contribution in [-0.4, -0.2) is 21.7 Å². The van der Waals surface area contributed by atoms with Crippen molar-refractivity contribution in [1.82, 2.24) is 9.97 Å². The molecule has 0 aliphatic carbocycles. The summed E-state index contributed by atoms with van der Waals surface area (Å²) in [6.45, 7) is -0.0420. The van der Waals surface area contributed by atoms with Crippen LogP contribution in [0.25, 0.3) is 11.0 Å². The van der Waals surface area contributed by atoms with Gasteiger partial charge in [0, 0.05) is 0 Å². The number of imidazole rings is 1. The van der Waals surface area contributed by atoms with Gasteiger partial charge in [-0.2, -0.15) is 0 Å². The Kier molecular flexibility index (Phi) is 2.00. The van der Waals surface area contributed by atoms with E-state index in [1.165, 1.54) is 0 Å². The Bertz CT molecular complexity index is 410. The van der Waals surface area contributed by atoms with Crippen molar-refractivity contribution < 1.29 is 5.11 Å². The van der Waals surface area contributed by atoms with Crippen molar-refractivity contribution in [2.24, 2.45) is 5.73 Å². The first-order valence-corrected chi connectivity index (χ1v) is 4.10. The highest BCUT2D eigenvalue weighted by Crippen LogP contribution is 2.15. The number of nitrogens with one attached hydrogen (secondary N) is 1. The zero-order chi connectivity index (χ0) is 9.26. The van der Waals surface area contributed by atoms with Gasteiger partial charge in [0.05, 0.1) is 30.0 Å². The van der Waals surface area contributed by atoms with Crippen molar-refractivity contribution in [3.05, 3.63) is 30.1 Å². The quantitative estimate of drug-likeness (QED) is 0.627. The Morgan fingerprint density at radius 3 is 3.15 bits per heavy atom. The summed E-state index contributed by atoms with van der Waals surface area (Å²) in [5, 5.41) is 8.86. The number of aromatic amines is 1. The molecule has 13 heavy (non-hydrogen) atoms. The summed E-state index contributed by atoms with van der Waals surface area (Å²) in [6.07, 6.45) is 1.64. The van der Waals surface area contributed by atoms with Crippen molar-refractivity contribution >= 4 is 11.0 Å². The number of hydrogen-bond donors (Lipinski definition) is 3. The molecule has 0 aliphatic heterocycles. The maximum Gasteiger partial charge on any atom is 0.0931 e. The van der Waals surface area contributed by atoms with Crippen LogP contribution < -0.4 is 5.73 Å². The number of H-pyrrole nitrogens is 1. The Morgan fingerprint density at radius 1 is 1.54 bits per heavy atom. The molecular formula is C9H11N3O. The monoisotopic (exact) mass is 177 g/mol. The molecule has 4 nitrogen and oxygen atoms in total. The maximum atomic E-state index is 8.86. The molecule has 0 aliphatic rings. The number of benzene rings is 1. The Balaban J connectivity index is 2.48. The van der Waals surface area contributed by atoms with E-state index in [-0.39, 0.29) is 12.6 Å². The first-order chi connectivity index (χ1) is 6.31. The minimum Gasteiger partial charge on any atom is -0.394 e. The fourth-order valence-corrected chi connectivity index (χ4v) is 1.29. The van der Waals surface area contributed by atoms with Gasteiger partial charge >= 0.3 is 0 Å². The minimum atomic E-state index is -0.312. The van der Waals surface area contributed by atoms with E-state index in [2.05, 4.69) is 9.97 Å². The van der Waals surface area contributed by atoms with Gasteiger partial charge in [-0.1, -0.05) is 6.07 Å². The van der Waals surface area contributed by atoms with E-state index in [1.54, 1.807) is 6.33 Å². The predicted octanol–water partition coefficient (Wildman–Crippen LogP) is 0.555. The summed E-state index contributed by atoms with van der Waals surface area (Å²) < 4.78 is 0. The highest BCUT2D eigenvalue weighted by atomic mass is 16.3. The average Bonchev–Trinajstić information content (AvgIpc) is 2.63. The molecule has 4 heteroatoms. The SMILES string of the molecule is N[C@H](CO)c1ccc2nc[nH]c2c1. The molecule has 0 saturated carbocycles. The molecule has 2 aromatic rings. The smallest absolute Gasteiger partial charge is 0.0931 e. The first kappa shape index (κ1) is 8.22. The van der Waals surface area contributed by atoms with Crippen LogP contribution in [0.1, 0.15) is 11.6 Å². The number of nitrogens with zero attached hydrogens (tertiary/aromatic N) is 1. The van der Waals surface area contributed by atoms with Crippen LogP contribution in [-0.2, 0) is 0 Å². The van der Waals surface area contributed by atoms with Crippen LogP contribution in [0.5, 0.6) is 0 Å². The van der Waals surface area contributed by atoms with Crippen LogP contribution >= 0.6 is 0 Å². The van der Waals surface area contributed by atoms with Crippen LogP contribution in [0.2, 0.25) is 0 Å². The molecule has 1 aromatic carbocycles. The third-order valence-corrected chi connectivity index (χ3v) is 2.07. The zero-order valence-corrected chi connectivity index (χ0v) is 7.07. The van der Waals surface area contributed by atoms with E-state index in [0.29, 0.717) is 0 Å². The molecule has 4 N–H and O–H groups in total. The van der Waals surface area contributed by atoms with Gasteiger partial charge in [0.15, 0.2) is 0 Å². The lowest BCUT2D eigenvalue weighted by Crippen LogP contribution is -2.14. The average molecular weight is 177 g/mol. The number of aromatic nitrogens is 2. The van der Waals surface area contributed by atoms with E-state index in [4.69, 9.17) is 10.8 Å². The summed E-state index contributed by atoms with van der Waals surface area (Å²) in [5.74, 6) is 0. The van der Waals surface area contributed by atoms with E-state index in [1.807, 2.05) is 18.2 Å². The second-order valence-corrected chi connectivity index (χ2v) is 2.97. The number of aliphatic hydroxyl groups is 1. The van der Waals surface area contributed by atoms with Crippen LogP contribution in [0.4, 0.5) is 0 Å². The number of fused-ring (bicyclic) bond motifs is 1. The fourth-order valence-electron chi connectivity index (χ4n) is 1.29. The van der Waals surface area contributed by atoms with E-state index in [0.717, 1.165) is 16.6 Å². The summed E-state index contributed by atoms with van der Waals surface area (Å²) in [4.78, 5) is 7.08. The highest BCUT2D eigenvalue weighted by Gasteiger charge is 2.05. The molecule has 1 atom stereocenters. The summed E-state index contributed by atoms with van der Waals surface area (Å²) in [5.41, 5.74) is 8.44. The second-order valence-electron chi connectivity index (χ2n) is 2.97. The topological polar surface area (TPSA) is 74.9 Å². The van der Waals surface area contributed by atoms with Crippen molar-refractivity contribution in [3.63, 3.8) is 0 Å². The molecular weight excluding hydrogens is 166 g/mol. The Labute approximate surface area is 75.4 Å². The third-order valence-electron chi connectivity index (χ3n) is 2.07. The largest absolute Gasteiger partial charge is 0.394 e. The van der Waals surface area contributed by atoms with Gasteiger partial charge in [-0.05, 0) is 17.7 Å². The second kappa shape index (κ2) is 3.16. The highest BCUT2D eigenvalue weighted by molar-refractivity contribution is 5.75. The summed E-state index contributed by atoms with van der Waals surface area (Å²) >= 11 is 0. The van der Waals surface area contributed by atoms with Gasteiger partial charge in [0.1, 0.15) is 0 Å². The summed E-state index contributed by atoms with van der Waals surface area (Å²) in [6, 6.07) is 5.36. The Hall–Kier alpha value is -1.39. The molecule has 2 rings (SSSR count). The van der Waals surface area contributed by atoms with Crippen molar-refractivity contribution in [3.8, 4) is 0 Å². The number of hydrogen-bond acceptors (Lipinski definition) is 3. The van der Waals surface area contributed by atoms with Gasteiger partial charge in [0.25, 0.3) is 0 Å². The zero-order valence-electron chi connectivity index (χ0n) is 7.07. The molecule has 0 radical (unpaired) electrons. The van der Waals surface area contributed by atoms with E-state index in [9.17, 15) is 0 Å². The van der Waals surface area contributed by atoms with Gasteiger partial charge in [-0.3, -0.25) is 0 Å². The first-order valence-electron chi connectivity index (χ1n) is 4.10. The molecule has 0 amide bonds. The van der Waals surface area contributed by atoms with Crippen molar-refractivity contribution in [2.75, 3.05) is 6.61 Å². The molecule has 68 valence electrons. The predicted molar refractivity (Wildman–Crippen MR) is 50.1 cm³/mol. The molecule has 0 saturated heterocycles. The normalized spacial score (nSPS) is 13.4. The van der Waals surface area contributed by atoms with Crippen LogP contribution in [0.3, 0.4) is 0 Å². The Morgan fingerprint density at radius 2 is 2.38 bits per heavy atom. The molecule has 0 fully saturated rings. The molecule has 0 bridgehead atoms. The lowest BCUT2D eigenvalue weighted by atomic mass is 10.1. The van der Waals surface area contributed by atoms with Crippen molar-refractivity contribution in [2.45, 2.75) is 6.04 Å². The maximum absolute atomic E-state index is 8.86. The molecule has 0 unspecified atom stereocenters. The van der Waals surface area contributed by atoms with E-state index < -0.39 is 0 Å². The van der Waals surface area contributed by atoms with Gasteiger partial charge in [-0.15, -0.1) is 0 Å². The molecule has 0 spiro atoms. The van der Waals surface area contributed by atoms with Gasteiger partial charge < -0.3 is 15.8 Å². The standard InChI is InChI=1S/C9H11N3O/c10-7(4-13)6-1-2-8-9(3-6)12-5-11-8/h1-3,5,7,13H,4,10H2,(H,11,12)/t7-/m1/s1. The molecule has 1 heterocycles. The third kappa shape index (κ3) is 1.41. The van der Waals surface area contributed by atoms with E-state index >= 15 is 0 Å². The van der Waals surface area contributed by atoms with Gasteiger partial charge in [-0.25, -0.2) is 4.98 Å². The van der Waals surface area contributed by atoms with Crippen molar-refractivity contribution in [1.29, 1.82) is 0 Å². The number of aliphatic hydroxyl groups excluding tert-OH is 1. The molecule has 1 aromatic heterocycles. The minimum absolute atomic E-state index is 0.0420. The number of rotatable bonds is 2. The fraction of sp³-hybridized carbons (Fsp3) is 0.222. The lowest BCUT2D eigenvalue weighted by Gasteiger charge is -2.07. The van der Waals surface area contributed by atoms with Crippen LogP contribution in [0.15, 0.2) is 24.5 Å². The van der Waals surface area contributed by atoms with Crippen LogP contribution in [0, 0.1) is 0 Å². The number of nitrogens with two attached hydrogens (primary N) is 1.